The Bertz CT molecular complexity index is 841. The van der Waals surface area contributed by atoms with Gasteiger partial charge in [0.1, 0.15) is 0 Å². The zero-order valence-corrected chi connectivity index (χ0v) is 15.9. The first-order valence-electron chi connectivity index (χ1n) is 9.47. The third kappa shape index (κ3) is 2.72. The van der Waals surface area contributed by atoms with Gasteiger partial charge in [-0.3, -0.25) is 0 Å². The van der Waals surface area contributed by atoms with Gasteiger partial charge in [-0.1, -0.05) is 78.9 Å². The number of hydrogen-bond acceptors (Lipinski definition) is 1. The van der Waals surface area contributed by atoms with Crippen LogP contribution in [0, 0.1) is 6.92 Å². The Hall–Kier alpha value is -2.54. The molecule has 1 saturated heterocycles. The summed E-state index contributed by atoms with van der Waals surface area (Å²) >= 11 is 0. The Morgan fingerprint density at radius 3 is 1.73 bits per heavy atom. The molecule has 1 nitrogen and oxygen atoms in total. The minimum Gasteiger partial charge on any atom is -0.365 e. The van der Waals surface area contributed by atoms with Gasteiger partial charge in [-0.25, -0.2) is 0 Å². The van der Waals surface area contributed by atoms with Crippen LogP contribution in [0.5, 0.6) is 0 Å². The lowest BCUT2D eigenvalue weighted by Gasteiger charge is -2.34. The lowest BCUT2D eigenvalue weighted by molar-refractivity contribution is 0.465. The summed E-state index contributed by atoms with van der Waals surface area (Å²) in [5, 5.41) is 0. The quantitative estimate of drug-likeness (QED) is 0.567. The van der Waals surface area contributed by atoms with E-state index in [1.807, 2.05) is 0 Å². The number of para-hydroxylation sites is 1. The van der Waals surface area contributed by atoms with Gasteiger partial charge in [0.25, 0.3) is 0 Å². The van der Waals surface area contributed by atoms with Gasteiger partial charge >= 0.3 is 0 Å². The van der Waals surface area contributed by atoms with Gasteiger partial charge in [0.05, 0.1) is 0 Å². The Kier molecular flexibility index (Phi) is 4.11. The highest BCUT2D eigenvalue weighted by Crippen LogP contribution is 2.49. The molecule has 0 bridgehead atoms. The van der Waals surface area contributed by atoms with Gasteiger partial charge in [0.15, 0.2) is 0 Å². The van der Waals surface area contributed by atoms with Crippen molar-refractivity contribution < 1.29 is 0 Å². The molecule has 0 spiro atoms. The van der Waals surface area contributed by atoms with Crippen LogP contribution in [0.1, 0.15) is 37.0 Å². The van der Waals surface area contributed by atoms with Crippen molar-refractivity contribution in [1.82, 2.24) is 0 Å². The van der Waals surface area contributed by atoms with Crippen LogP contribution in [-0.2, 0) is 5.41 Å². The molecular weight excluding hydrogens is 314 g/mol. The zero-order valence-electron chi connectivity index (χ0n) is 15.9. The molecule has 3 aromatic carbocycles. The molecule has 26 heavy (non-hydrogen) atoms. The van der Waals surface area contributed by atoms with Crippen LogP contribution in [-0.4, -0.2) is 12.1 Å². The average molecular weight is 341 g/mol. The highest BCUT2D eigenvalue weighted by molar-refractivity contribution is 5.60. The predicted molar refractivity (Wildman–Crippen MR) is 111 cm³/mol. The van der Waals surface area contributed by atoms with E-state index in [0.717, 1.165) is 13.0 Å². The zero-order chi connectivity index (χ0) is 18.2. The predicted octanol–water partition coefficient (Wildman–Crippen LogP) is 5.97. The van der Waals surface area contributed by atoms with Crippen LogP contribution in [0.4, 0.5) is 5.69 Å². The van der Waals surface area contributed by atoms with E-state index < -0.39 is 0 Å². The monoisotopic (exact) mass is 341 g/mol. The molecule has 0 aliphatic carbocycles. The van der Waals surface area contributed by atoms with Crippen molar-refractivity contribution in [3.8, 4) is 0 Å². The fourth-order valence-electron chi connectivity index (χ4n) is 4.72. The molecule has 0 aromatic heterocycles. The Labute approximate surface area is 157 Å². The Balaban J connectivity index is 1.88. The van der Waals surface area contributed by atoms with Crippen molar-refractivity contribution in [2.24, 2.45) is 0 Å². The molecule has 1 heteroatoms. The summed E-state index contributed by atoms with van der Waals surface area (Å²) < 4.78 is 0. The number of anilines is 1. The molecule has 0 unspecified atom stereocenters. The fourth-order valence-corrected chi connectivity index (χ4v) is 4.72. The molecule has 1 fully saturated rings. The van der Waals surface area contributed by atoms with Gasteiger partial charge in [0.2, 0.25) is 0 Å². The first kappa shape index (κ1) is 16.9. The number of aryl methyl sites for hydroxylation is 1. The van der Waals surface area contributed by atoms with Crippen LogP contribution < -0.4 is 4.90 Å². The van der Waals surface area contributed by atoms with Crippen LogP contribution in [0.15, 0.2) is 84.9 Å². The van der Waals surface area contributed by atoms with Crippen molar-refractivity contribution in [2.45, 2.75) is 38.1 Å². The number of rotatable bonds is 3. The molecule has 0 saturated carbocycles. The summed E-state index contributed by atoms with van der Waals surface area (Å²) in [6.07, 6.45) is 1.10. The maximum atomic E-state index is 2.61. The minimum absolute atomic E-state index is 0.00824. The molecule has 0 radical (unpaired) electrons. The van der Waals surface area contributed by atoms with E-state index in [0.29, 0.717) is 0 Å². The van der Waals surface area contributed by atoms with Gasteiger partial charge in [-0.2, -0.15) is 0 Å². The highest BCUT2D eigenvalue weighted by atomic mass is 15.2. The van der Waals surface area contributed by atoms with E-state index in [9.17, 15) is 0 Å². The van der Waals surface area contributed by atoms with E-state index in [4.69, 9.17) is 0 Å². The second-order valence-electron chi connectivity index (χ2n) is 8.18. The SMILES string of the molecule is Cc1ccccc1N1CC(c2ccccc2)(c2ccccc2)CC1(C)C. The smallest absolute Gasteiger partial charge is 0.0400 e. The van der Waals surface area contributed by atoms with Crippen molar-refractivity contribution in [3.05, 3.63) is 102 Å². The van der Waals surface area contributed by atoms with E-state index in [1.165, 1.54) is 22.4 Å². The molecule has 1 aliphatic rings. The molecule has 0 atom stereocenters. The minimum atomic E-state index is 0.00824. The topological polar surface area (TPSA) is 3.24 Å². The van der Waals surface area contributed by atoms with Gasteiger partial charge < -0.3 is 4.90 Å². The molecule has 3 aromatic rings. The summed E-state index contributed by atoms with van der Waals surface area (Å²) in [5.41, 5.74) is 5.61. The third-order valence-corrected chi connectivity index (χ3v) is 5.95. The maximum absolute atomic E-state index is 2.61. The first-order valence-corrected chi connectivity index (χ1v) is 9.47. The highest BCUT2D eigenvalue weighted by Gasteiger charge is 2.50. The molecule has 4 rings (SSSR count). The van der Waals surface area contributed by atoms with E-state index in [-0.39, 0.29) is 11.0 Å². The Morgan fingerprint density at radius 1 is 0.692 bits per heavy atom. The summed E-state index contributed by atoms with van der Waals surface area (Å²) in [4.78, 5) is 2.61. The molecule has 132 valence electrons. The van der Waals surface area contributed by atoms with Gasteiger partial charge in [0, 0.05) is 23.2 Å². The number of nitrogens with zero attached hydrogens (tertiary/aromatic N) is 1. The maximum Gasteiger partial charge on any atom is 0.0400 e. The fraction of sp³-hybridized carbons (Fsp3) is 0.280. The summed E-state index contributed by atoms with van der Waals surface area (Å²) in [6, 6.07) is 30.9. The van der Waals surface area contributed by atoms with Crippen LogP contribution in [0.3, 0.4) is 0 Å². The standard InChI is InChI=1S/C25H27N/c1-20-12-10-11-17-23(20)26-19-25(18-24(26,2)3,21-13-6-4-7-14-21)22-15-8-5-9-16-22/h4-17H,18-19H2,1-3H3. The van der Waals surface area contributed by atoms with Gasteiger partial charge in [-0.05, 0) is 49.9 Å². The van der Waals surface area contributed by atoms with E-state index >= 15 is 0 Å². The van der Waals surface area contributed by atoms with Crippen molar-refractivity contribution in [2.75, 3.05) is 11.4 Å². The van der Waals surface area contributed by atoms with Gasteiger partial charge in [-0.15, -0.1) is 0 Å². The summed E-state index contributed by atoms with van der Waals surface area (Å²) in [6.45, 7) is 7.98. The molecule has 1 heterocycles. The van der Waals surface area contributed by atoms with E-state index in [2.05, 4.69) is 111 Å². The van der Waals surface area contributed by atoms with Crippen molar-refractivity contribution in [3.63, 3.8) is 0 Å². The normalized spacial score (nSPS) is 18.0. The second kappa shape index (κ2) is 6.32. The van der Waals surface area contributed by atoms with Crippen LogP contribution in [0.25, 0.3) is 0 Å². The molecule has 1 aliphatic heterocycles. The Morgan fingerprint density at radius 2 is 1.19 bits per heavy atom. The largest absolute Gasteiger partial charge is 0.365 e. The van der Waals surface area contributed by atoms with Crippen molar-refractivity contribution >= 4 is 5.69 Å². The average Bonchev–Trinajstić information content (AvgIpc) is 2.96. The van der Waals surface area contributed by atoms with Crippen LogP contribution in [0.2, 0.25) is 0 Å². The molecule has 0 amide bonds. The number of hydrogen-bond donors (Lipinski definition) is 0. The number of benzene rings is 3. The third-order valence-electron chi connectivity index (χ3n) is 5.95. The lowest BCUT2D eigenvalue weighted by Crippen LogP contribution is -2.38. The summed E-state index contributed by atoms with van der Waals surface area (Å²) in [7, 11) is 0. The summed E-state index contributed by atoms with van der Waals surface area (Å²) in [5.74, 6) is 0. The molecule has 0 N–H and O–H groups in total. The lowest BCUT2D eigenvalue weighted by atomic mass is 9.71. The van der Waals surface area contributed by atoms with Crippen molar-refractivity contribution in [1.29, 1.82) is 0 Å². The second-order valence-corrected chi connectivity index (χ2v) is 8.18. The first-order chi connectivity index (χ1) is 12.5. The van der Waals surface area contributed by atoms with E-state index in [1.54, 1.807) is 0 Å². The molecular formula is C25H27N. The van der Waals surface area contributed by atoms with Crippen LogP contribution >= 0.6 is 0 Å².